The Morgan fingerprint density at radius 2 is 1.92 bits per heavy atom. The fraction of sp³-hybridized carbons (Fsp3) is 0.148. The summed E-state index contributed by atoms with van der Waals surface area (Å²) in [5.41, 5.74) is -1.65. The van der Waals surface area contributed by atoms with Gasteiger partial charge in [-0.1, -0.05) is 30.2 Å². The number of nitrogens with zero attached hydrogens (tertiary/aromatic N) is 4. The first-order valence-electron chi connectivity index (χ1n) is 11.4. The first-order valence-corrected chi connectivity index (χ1v) is 11.4. The van der Waals surface area contributed by atoms with Crippen LogP contribution in [0.15, 0.2) is 70.6 Å². The monoisotopic (exact) mass is 536 g/mol. The number of para-hydroxylation sites is 1. The summed E-state index contributed by atoms with van der Waals surface area (Å²) in [6.45, 7) is 1.57. The van der Waals surface area contributed by atoms with Crippen LogP contribution in [0.1, 0.15) is 18.1 Å². The highest BCUT2D eigenvalue weighted by molar-refractivity contribution is 5.84. The van der Waals surface area contributed by atoms with E-state index in [0.29, 0.717) is 0 Å². The molecule has 12 heteroatoms. The lowest BCUT2D eigenvalue weighted by molar-refractivity contribution is -0.385. The van der Waals surface area contributed by atoms with E-state index in [9.17, 15) is 28.1 Å². The summed E-state index contributed by atoms with van der Waals surface area (Å²) < 4.78 is 51.8. The van der Waals surface area contributed by atoms with E-state index >= 15 is 0 Å². The van der Waals surface area contributed by atoms with Crippen LogP contribution in [0.3, 0.4) is 0 Å². The first-order chi connectivity index (χ1) is 18.6. The summed E-state index contributed by atoms with van der Waals surface area (Å²) in [7, 11) is 0. The van der Waals surface area contributed by atoms with E-state index < -0.39 is 27.9 Å². The van der Waals surface area contributed by atoms with Gasteiger partial charge in [-0.25, -0.2) is 4.98 Å². The van der Waals surface area contributed by atoms with Gasteiger partial charge >= 0.3 is 11.9 Å². The molecule has 0 fully saturated rings. The number of terminal acetylenes is 1. The number of ether oxygens (including phenoxy) is 2. The van der Waals surface area contributed by atoms with Crippen molar-refractivity contribution in [3.63, 3.8) is 0 Å². The fourth-order valence-corrected chi connectivity index (χ4v) is 3.72. The Morgan fingerprint density at radius 3 is 2.62 bits per heavy atom. The maximum absolute atomic E-state index is 13.4. The van der Waals surface area contributed by atoms with Crippen molar-refractivity contribution < 1.29 is 27.6 Å². The van der Waals surface area contributed by atoms with Gasteiger partial charge in [-0.05, 0) is 37.3 Å². The highest BCUT2D eigenvalue weighted by atomic mass is 19.4. The van der Waals surface area contributed by atoms with Crippen LogP contribution in [-0.2, 0) is 6.18 Å². The zero-order valence-corrected chi connectivity index (χ0v) is 20.3. The average molecular weight is 536 g/mol. The van der Waals surface area contributed by atoms with Gasteiger partial charge in [0, 0.05) is 17.2 Å². The van der Waals surface area contributed by atoms with Crippen LogP contribution in [0.4, 0.5) is 18.9 Å². The van der Waals surface area contributed by atoms with Crippen molar-refractivity contribution in [2.75, 3.05) is 13.2 Å². The Hall–Kier alpha value is -5.18. The quantitative estimate of drug-likeness (QED) is 0.131. The van der Waals surface area contributed by atoms with Crippen molar-refractivity contribution in [3.8, 4) is 35.2 Å². The molecule has 0 aliphatic carbocycles. The van der Waals surface area contributed by atoms with Crippen molar-refractivity contribution >= 4 is 22.8 Å². The predicted octanol–water partition coefficient (Wildman–Crippen LogP) is 5.28. The number of alkyl halides is 3. The molecule has 0 unspecified atom stereocenters. The molecule has 0 aliphatic heterocycles. The molecule has 0 bridgehead atoms. The number of rotatable bonds is 8. The SMILES string of the molecule is C#CCOc1c(OCC)cc(C=Nn2c(-c3cccc(C(F)(F)F)c3)nc3ccccc3c2=O)cc1[N+](=O)[O-]. The van der Waals surface area contributed by atoms with Crippen molar-refractivity contribution in [3.05, 3.63) is 92.3 Å². The van der Waals surface area contributed by atoms with Crippen LogP contribution >= 0.6 is 0 Å². The summed E-state index contributed by atoms with van der Waals surface area (Å²) in [5, 5.41) is 16.1. The molecule has 0 N–H and O–H groups in total. The molecule has 1 heterocycles. The number of hydrogen-bond acceptors (Lipinski definition) is 7. The highest BCUT2D eigenvalue weighted by Crippen LogP contribution is 2.38. The molecule has 198 valence electrons. The van der Waals surface area contributed by atoms with Crippen molar-refractivity contribution in [1.82, 2.24) is 9.66 Å². The van der Waals surface area contributed by atoms with Crippen LogP contribution < -0.4 is 15.0 Å². The molecule has 1 aromatic heterocycles. The molecule has 3 aromatic carbocycles. The molecule has 0 aliphatic rings. The standard InChI is InChI=1S/C27H19F3N4O5/c1-3-12-39-24-22(34(36)37)13-17(14-23(24)38-4-2)16-31-33-25(18-8-7-9-19(15-18)27(28,29)30)32-21-11-6-5-10-20(21)26(33)35/h1,5-11,13-16H,4,12H2,2H3. The maximum Gasteiger partial charge on any atom is 0.416 e. The summed E-state index contributed by atoms with van der Waals surface area (Å²) in [5.74, 6) is 1.91. The lowest BCUT2D eigenvalue weighted by atomic mass is 10.1. The molecule has 0 atom stereocenters. The number of fused-ring (bicyclic) bond motifs is 1. The number of nitro groups is 1. The minimum Gasteiger partial charge on any atom is -0.490 e. The van der Waals surface area contributed by atoms with Crippen LogP contribution in [0, 0.1) is 22.5 Å². The summed E-state index contributed by atoms with van der Waals surface area (Å²) >= 11 is 0. The van der Waals surface area contributed by atoms with Crippen molar-refractivity contribution in [2.24, 2.45) is 5.10 Å². The molecule has 4 rings (SSSR count). The Labute approximate surface area is 219 Å². The van der Waals surface area contributed by atoms with Crippen LogP contribution in [-0.4, -0.2) is 34.0 Å². The summed E-state index contributed by atoms with van der Waals surface area (Å²) in [6.07, 6.45) is 1.72. The third-order valence-electron chi connectivity index (χ3n) is 5.38. The van der Waals surface area contributed by atoms with Gasteiger partial charge in [0.25, 0.3) is 5.56 Å². The van der Waals surface area contributed by atoms with Gasteiger partial charge in [0.15, 0.2) is 11.6 Å². The third-order valence-corrected chi connectivity index (χ3v) is 5.38. The second-order valence-electron chi connectivity index (χ2n) is 7.94. The molecule has 39 heavy (non-hydrogen) atoms. The number of aromatic nitrogens is 2. The van der Waals surface area contributed by atoms with Crippen molar-refractivity contribution in [1.29, 1.82) is 0 Å². The van der Waals surface area contributed by atoms with Crippen LogP contribution in [0.2, 0.25) is 0 Å². The highest BCUT2D eigenvalue weighted by Gasteiger charge is 2.31. The minimum absolute atomic E-state index is 0.0103. The third kappa shape index (κ3) is 5.72. The molecule has 0 saturated heterocycles. The van der Waals surface area contributed by atoms with Crippen LogP contribution in [0.25, 0.3) is 22.3 Å². The molecule has 4 aromatic rings. The van der Waals surface area contributed by atoms with Gasteiger partial charge in [-0.3, -0.25) is 14.9 Å². The topological polar surface area (TPSA) is 109 Å². The zero-order chi connectivity index (χ0) is 28.2. The van der Waals surface area contributed by atoms with E-state index in [4.69, 9.17) is 15.9 Å². The van der Waals surface area contributed by atoms with Gasteiger partial charge in [0.05, 0.1) is 34.2 Å². The molecular formula is C27H19F3N4O5. The maximum atomic E-state index is 13.4. The van der Waals surface area contributed by atoms with E-state index in [0.717, 1.165) is 29.1 Å². The van der Waals surface area contributed by atoms with Gasteiger partial charge in [-0.2, -0.15) is 22.9 Å². The fourth-order valence-electron chi connectivity index (χ4n) is 3.72. The number of halogens is 3. The molecule has 0 amide bonds. The van der Waals surface area contributed by atoms with E-state index in [2.05, 4.69) is 16.0 Å². The smallest absolute Gasteiger partial charge is 0.416 e. The number of nitro benzene ring substituents is 1. The first kappa shape index (κ1) is 26.9. The molecular weight excluding hydrogens is 517 g/mol. The zero-order valence-electron chi connectivity index (χ0n) is 20.3. The number of hydrogen-bond donors (Lipinski definition) is 0. The molecule has 0 spiro atoms. The van der Waals surface area contributed by atoms with E-state index in [1.807, 2.05) is 0 Å². The molecule has 0 saturated carbocycles. The van der Waals surface area contributed by atoms with Gasteiger partial charge in [-0.15, -0.1) is 6.42 Å². The summed E-state index contributed by atoms with van der Waals surface area (Å²) in [6, 6.07) is 13.2. The second kappa shape index (κ2) is 11.1. The second-order valence-corrected chi connectivity index (χ2v) is 7.94. The normalized spacial score (nSPS) is 11.5. The van der Waals surface area contributed by atoms with Gasteiger partial charge < -0.3 is 9.47 Å². The predicted molar refractivity (Wildman–Crippen MR) is 138 cm³/mol. The Bertz CT molecular complexity index is 1690. The lowest BCUT2D eigenvalue weighted by Crippen LogP contribution is -2.20. The van der Waals surface area contributed by atoms with E-state index in [1.165, 1.54) is 24.3 Å². The van der Waals surface area contributed by atoms with E-state index in [-0.39, 0.29) is 52.6 Å². The largest absolute Gasteiger partial charge is 0.490 e. The summed E-state index contributed by atoms with van der Waals surface area (Å²) in [4.78, 5) is 28.8. The van der Waals surface area contributed by atoms with E-state index in [1.54, 1.807) is 25.1 Å². The Balaban J connectivity index is 1.91. The van der Waals surface area contributed by atoms with Crippen molar-refractivity contribution in [2.45, 2.75) is 13.1 Å². The Kier molecular flexibility index (Phi) is 7.62. The van der Waals surface area contributed by atoms with Gasteiger partial charge in [0.2, 0.25) is 5.75 Å². The minimum atomic E-state index is -4.63. The number of benzene rings is 3. The Morgan fingerprint density at radius 1 is 1.15 bits per heavy atom. The van der Waals surface area contributed by atoms with Gasteiger partial charge in [0.1, 0.15) is 6.61 Å². The molecule has 0 radical (unpaired) electrons. The molecule has 9 nitrogen and oxygen atoms in total. The lowest BCUT2D eigenvalue weighted by Gasteiger charge is -2.13. The van der Waals surface area contributed by atoms with Crippen LogP contribution in [0.5, 0.6) is 11.5 Å². The average Bonchev–Trinajstić information content (AvgIpc) is 2.91.